The van der Waals surface area contributed by atoms with Crippen molar-refractivity contribution in [1.29, 1.82) is 0 Å². The normalized spacial score (nSPS) is 12.2. The van der Waals surface area contributed by atoms with Gasteiger partial charge in [0.25, 0.3) is 5.56 Å². The molecule has 13 nitrogen and oxygen atoms in total. The minimum atomic E-state index is -4.85. The molecular weight excluding hydrogens is 800 g/mol. The molecule has 0 saturated heterocycles. The van der Waals surface area contributed by atoms with Crippen molar-refractivity contribution in [3.8, 4) is 28.3 Å². The fraction of sp³-hybridized carbons (Fsp3) is 0.375. The number of carbonyl (C=O) groups is 1. The number of amides is 2. The van der Waals surface area contributed by atoms with Gasteiger partial charge in [-0.2, -0.15) is 13.2 Å². The molecule has 310 valence electrons. The summed E-state index contributed by atoms with van der Waals surface area (Å²) < 4.78 is 48.8. The summed E-state index contributed by atoms with van der Waals surface area (Å²) in [4.78, 5) is 46.9. The first-order chi connectivity index (χ1) is 27.7. The summed E-state index contributed by atoms with van der Waals surface area (Å²) in [5.74, 6) is 0.157. The van der Waals surface area contributed by atoms with Crippen molar-refractivity contribution in [3.63, 3.8) is 0 Å². The number of ether oxygens (including phenoxy) is 1. The molecule has 58 heavy (non-hydrogen) atoms. The quantitative estimate of drug-likeness (QED) is 0.102. The van der Waals surface area contributed by atoms with Crippen LogP contribution in [0.4, 0.5) is 29.5 Å². The lowest BCUT2D eigenvalue weighted by atomic mass is 9.99. The molecule has 4 N–H and O–H groups in total. The van der Waals surface area contributed by atoms with Gasteiger partial charge >= 0.3 is 17.9 Å². The van der Waals surface area contributed by atoms with Crippen molar-refractivity contribution in [3.05, 3.63) is 96.2 Å². The number of aryl methyl sites for hydroxylation is 2. The summed E-state index contributed by atoms with van der Waals surface area (Å²) in [6.07, 6.45) is -0.0430. The molecular formula is C40H45Cl2F3N8O5. The number of carbonyl (C=O) groups excluding carboxylic acids is 1. The van der Waals surface area contributed by atoms with E-state index in [0.717, 1.165) is 58.9 Å². The molecule has 5 aromatic rings. The van der Waals surface area contributed by atoms with E-state index >= 15 is 0 Å². The van der Waals surface area contributed by atoms with Crippen LogP contribution in [0.5, 0.6) is 5.88 Å². The number of fused-ring (bicyclic) bond motifs is 2. The Morgan fingerprint density at radius 2 is 1.64 bits per heavy atom. The van der Waals surface area contributed by atoms with Gasteiger partial charge in [0.15, 0.2) is 0 Å². The summed E-state index contributed by atoms with van der Waals surface area (Å²) in [5, 5.41) is 17.5. The minimum Gasteiger partial charge on any atom is -0.481 e. The van der Waals surface area contributed by atoms with E-state index in [9.17, 15) is 27.6 Å². The molecule has 3 aromatic heterocycles. The zero-order valence-electron chi connectivity index (χ0n) is 32.7. The molecule has 1 aliphatic rings. The Hall–Kier alpha value is -5.16. The molecule has 0 unspecified atom stereocenters. The zero-order chi connectivity index (χ0) is 42.3. The Labute approximate surface area is 342 Å². The number of nitrogens with one attached hydrogen (secondary N) is 3. The number of methoxy groups -OCH3 is 1. The third kappa shape index (κ3) is 9.41. The van der Waals surface area contributed by atoms with Gasteiger partial charge in [0, 0.05) is 56.5 Å². The molecule has 1 aliphatic carbocycles. The van der Waals surface area contributed by atoms with Crippen molar-refractivity contribution in [2.75, 3.05) is 52.8 Å². The summed E-state index contributed by atoms with van der Waals surface area (Å²) >= 11 is 13.8. The number of aromatic nitrogens is 4. The maximum Gasteiger partial charge on any atom is 0.433 e. The van der Waals surface area contributed by atoms with Gasteiger partial charge < -0.3 is 30.7 Å². The monoisotopic (exact) mass is 844 g/mol. The number of nitrogens with zero attached hydrogens (tertiary/aromatic N) is 5. The van der Waals surface area contributed by atoms with E-state index in [1.54, 1.807) is 43.3 Å². The number of aliphatic hydroxyl groups excluding tert-OH is 1. The highest BCUT2D eigenvalue weighted by Crippen LogP contribution is 2.43. The van der Waals surface area contributed by atoms with Gasteiger partial charge in [0.2, 0.25) is 5.88 Å². The van der Waals surface area contributed by atoms with E-state index in [2.05, 4.69) is 20.9 Å². The third-order valence-electron chi connectivity index (χ3n) is 9.78. The van der Waals surface area contributed by atoms with Crippen molar-refractivity contribution in [2.24, 2.45) is 14.1 Å². The van der Waals surface area contributed by atoms with Crippen LogP contribution in [0.3, 0.4) is 0 Å². The van der Waals surface area contributed by atoms with Crippen molar-refractivity contribution in [2.45, 2.75) is 38.3 Å². The topological polar surface area (TPSA) is 156 Å². The number of hydrogen-bond donors (Lipinski definition) is 4. The predicted octanol–water partition coefficient (Wildman–Crippen LogP) is 6.55. The first kappa shape index (κ1) is 44.0. The third-order valence-corrected chi connectivity index (χ3v) is 10.6. The Kier molecular flexibility index (Phi) is 14.4. The summed E-state index contributed by atoms with van der Waals surface area (Å²) in [5.41, 5.74) is 1.64. The largest absolute Gasteiger partial charge is 0.481 e. The number of aliphatic hydroxyl groups is 1. The highest BCUT2D eigenvalue weighted by Gasteiger charge is 2.34. The Morgan fingerprint density at radius 3 is 2.29 bits per heavy atom. The van der Waals surface area contributed by atoms with E-state index in [1.165, 1.54) is 20.2 Å². The van der Waals surface area contributed by atoms with Gasteiger partial charge in [-0.3, -0.25) is 13.9 Å². The number of alkyl halides is 3. The number of benzene rings is 2. The number of halogens is 5. The van der Waals surface area contributed by atoms with Crippen molar-refractivity contribution < 1.29 is 27.8 Å². The number of unbranched alkanes of at least 4 members (excludes halogenated alkanes) is 1. The van der Waals surface area contributed by atoms with E-state index in [-0.39, 0.29) is 34.3 Å². The van der Waals surface area contributed by atoms with E-state index in [0.29, 0.717) is 52.4 Å². The molecule has 0 bridgehead atoms. The Bertz CT molecular complexity index is 2420. The molecule has 0 fully saturated rings. The first-order valence-corrected chi connectivity index (χ1v) is 19.2. The second kappa shape index (κ2) is 19.1. The summed E-state index contributed by atoms with van der Waals surface area (Å²) in [6.45, 7) is 2.07. The van der Waals surface area contributed by atoms with Gasteiger partial charge in [-0.25, -0.2) is 19.6 Å². The van der Waals surface area contributed by atoms with Crippen LogP contribution < -0.4 is 31.9 Å². The number of urea groups is 1. The van der Waals surface area contributed by atoms with E-state index < -0.39 is 28.9 Å². The van der Waals surface area contributed by atoms with Gasteiger partial charge in [-0.05, 0) is 69.5 Å². The molecule has 0 radical (unpaired) electrons. The molecule has 3 heterocycles. The molecule has 0 aliphatic heterocycles. The van der Waals surface area contributed by atoms with Crippen LogP contribution >= 0.6 is 23.2 Å². The van der Waals surface area contributed by atoms with Crippen LogP contribution in [-0.4, -0.2) is 82.6 Å². The molecule has 0 saturated carbocycles. The number of anilines is 2. The van der Waals surface area contributed by atoms with Crippen LogP contribution in [0.1, 0.15) is 36.1 Å². The molecule has 2 aromatic carbocycles. The van der Waals surface area contributed by atoms with Gasteiger partial charge in [-0.1, -0.05) is 53.5 Å². The zero-order valence-corrected chi connectivity index (χ0v) is 34.2. The maximum atomic E-state index is 13.8. The van der Waals surface area contributed by atoms with Gasteiger partial charge in [-0.15, -0.1) is 0 Å². The van der Waals surface area contributed by atoms with Crippen LogP contribution in [0.15, 0.2) is 58.1 Å². The van der Waals surface area contributed by atoms with Crippen LogP contribution in [-0.2, 0) is 33.1 Å². The van der Waals surface area contributed by atoms with Crippen molar-refractivity contribution >= 4 is 51.6 Å². The minimum absolute atomic E-state index is 0.0133. The van der Waals surface area contributed by atoms with Crippen molar-refractivity contribution in [1.82, 2.24) is 34.6 Å². The van der Waals surface area contributed by atoms with Crippen LogP contribution in [0.25, 0.3) is 33.3 Å². The number of hydrogen-bond acceptors (Lipinski definition) is 9. The molecule has 18 heteroatoms. The summed E-state index contributed by atoms with van der Waals surface area (Å²) in [6, 6.07) is 12.9. The second-order valence-corrected chi connectivity index (χ2v) is 14.3. The lowest BCUT2D eigenvalue weighted by molar-refractivity contribution is -0.141. The lowest BCUT2D eigenvalue weighted by Crippen LogP contribution is -2.40. The van der Waals surface area contributed by atoms with Gasteiger partial charge in [0.05, 0.1) is 40.7 Å². The van der Waals surface area contributed by atoms with Gasteiger partial charge in [0.1, 0.15) is 16.9 Å². The SMILES string of the molecule is CNCCCCN(CCO)C(=O)NC.COc1nc(-c2cccc(-c3cccc(Nc4nc(C(F)(F)F)cc5c4c(=O)n(C)c(=O)n5C)c3Cl)c2Cl)cc2c1CCC2. The smallest absolute Gasteiger partial charge is 0.433 e. The number of rotatable bonds is 12. The van der Waals surface area contributed by atoms with Crippen LogP contribution in [0.2, 0.25) is 10.0 Å². The summed E-state index contributed by atoms with van der Waals surface area (Å²) in [7, 11) is 7.60. The average molecular weight is 846 g/mol. The average Bonchev–Trinajstić information content (AvgIpc) is 3.69. The highest BCUT2D eigenvalue weighted by atomic mass is 35.5. The van der Waals surface area contributed by atoms with Crippen LogP contribution in [0, 0.1) is 0 Å². The Balaban J connectivity index is 0.000000392. The molecule has 0 atom stereocenters. The number of pyridine rings is 2. The maximum absolute atomic E-state index is 13.8. The molecule has 0 spiro atoms. The lowest BCUT2D eigenvalue weighted by Gasteiger charge is -2.20. The molecule has 2 amide bonds. The highest BCUT2D eigenvalue weighted by molar-refractivity contribution is 6.39. The standard InChI is InChI=1S/C31H24Cl2F3N5O3.C9H21N3O2/c1-40-22-14-23(31(34,35)36)39-27(24(22)29(42)41(2)30(40)43)37-20-12-6-10-18(26(20)33)17-9-5-11-19(25(17)32)21-13-15-7-4-8-16(15)28(38-21)44-3;1-10-5-3-4-6-12(7-8-13)9(14)11-2/h5-6,9-14H,4,7-8H2,1-3H3,(H,37,39);10,13H,3-8H2,1-2H3,(H,11,14). The second-order valence-electron chi connectivity index (χ2n) is 13.5. The molecule has 6 rings (SSSR count). The first-order valence-electron chi connectivity index (χ1n) is 18.5. The fourth-order valence-electron chi connectivity index (χ4n) is 6.78. The predicted molar refractivity (Wildman–Crippen MR) is 220 cm³/mol. The van der Waals surface area contributed by atoms with E-state index in [1.807, 2.05) is 19.2 Å². The Morgan fingerprint density at radius 1 is 0.948 bits per heavy atom. The fourth-order valence-corrected chi connectivity index (χ4v) is 7.38. The van der Waals surface area contributed by atoms with E-state index in [4.69, 9.17) is 38.0 Å².